The van der Waals surface area contributed by atoms with E-state index < -0.39 is 0 Å². The number of piperidine rings is 1. The van der Waals surface area contributed by atoms with Crippen molar-refractivity contribution in [2.24, 2.45) is 11.8 Å². The Labute approximate surface area is 171 Å². The van der Waals surface area contributed by atoms with E-state index in [2.05, 4.69) is 41.4 Å². The molecule has 2 heterocycles. The Morgan fingerprint density at radius 2 is 2.21 bits per heavy atom. The fourth-order valence-electron chi connectivity index (χ4n) is 3.28. The topological polar surface area (TPSA) is 67.3 Å². The third-order valence-corrected chi connectivity index (χ3v) is 6.20. The number of nitrogens with one attached hydrogen (secondary N) is 1. The van der Waals surface area contributed by atoms with Crippen LogP contribution in [0.4, 0.5) is 5.13 Å². The number of ether oxygens (including phenoxy) is 1. The van der Waals surface area contributed by atoms with Gasteiger partial charge in [-0.15, -0.1) is 0 Å². The summed E-state index contributed by atoms with van der Waals surface area (Å²) in [5, 5.41) is 4.07. The van der Waals surface area contributed by atoms with Crippen molar-refractivity contribution >= 4 is 22.6 Å². The number of hydrogen-bond acceptors (Lipinski definition) is 6. The number of benzene rings is 1. The third kappa shape index (κ3) is 5.22. The minimum absolute atomic E-state index is 0.0145. The van der Waals surface area contributed by atoms with Crippen LogP contribution in [0.25, 0.3) is 0 Å². The molecule has 2 aromatic rings. The molecule has 1 N–H and O–H groups in total. The van der Waals surface area contributed by atoms with Crippen LogP contribution in [0.15, 0.2) is 24.3 Å². The first-order valence-electron chi connectivity index (χ1n) is 9.97. The van der Waals surface area contributed by atoms with Gasteiger partial charge in [0.25, 0.3) is 0 Å². The Bertz CT molecular complexity index is 792. The maximum absolute atomic E-state index is 12.6. The van der Waals surface area contributed by atoms with Crippen molar-refractivity contribution in [2.45, 2.75) is 46.1 Å². The van der Waals surface area contributed by atoms with Crippen LogP contribution >= 0.6 is 11.5 Å². The summed E-state index contributed by atoms with van der Waals surface area (Å²) in [4.78, 5) is 19.6. The smallest absolute Gasteiger partial charge is 0.225 e. The second-order valence-corrected chi connectivity index (χ2v) is 8.58. The molecule has 0 spiro atoms. The lowest BCUT2D eigenvalue weighted by atomic mass is 9.96. The molecule has 1 aromatic heterocycles. The van der Waals surface area contributed by atoms with Gasteiger partial charge in [0.15, 0.2) is 0 Å². The van der Waals surface area contributed by atoms with E-state index in [0.29, 0.717) is 18.9 Å². The molecule has 1 aromatic carbocycles. The van der Waals surface area contributed by atoms with Crippen molar-refractivity contribution in [3.63, 3.8) is 0 Å². The summed E-state index contributed by atoms with van der Waals surface area (Å²) < 4.78 is 9.82. The average molecular weight is 403 g/mol. The second kappa shape index (κ2) is 9.37. The number of carbonyl (C=O) groups is 1. The van der Waals surface area contributed by atoms with Gasteiger partial charge >= 0.3 is 0 Å². The summed E-state index contributed by atoms with van der Waals surface area (Å²) in [7, 11) is 1.67. The highest BCUT2D eigenvalue weighted by atomic mass is 32.1. The standard InChI is InChI=1S/C21H30N4O2S/c1-14(2)15(3)22-20(26)17-8-6-10-25(13-17)21-23-19(24-28-21)12-16-7-5-9-18(11-16)27-4/h5,7,9,11,14-15,17H,6,8,10,12-13H2,1-4H3,(H,22,26)/t15-,17+/m1/s1. The fraction of sp³-hybridized carbons (Fsp3) is 0.571. The molecule has 3 rings (SSSR count). The van der Waals surface area contributed by atoms with E-state index in [1.807, 2.05) is 18.2 Å². The van der Waals surface area contributed by atoms with Gasteiger partial charge in [-0.1, -0.05) is 26.0 Å². The van der Waals surface area contributed by atoms with E-state index in [4.69, 9.17) is 9.72 Å². The van der Waals surface area contributed by atoms with Crippen LogP contribution in [-0.2, 0) is 11.2 Å². The van der Waals surface area contributed by atoms with Gasteiger partial charge in [-0.05, 0) is 43.4 Å². The molecule has 0 unspecified atom stereocenters. The summed E-state index contributed by atoms with van der Waals surface area (Å²) in [5.74, 6) is 2.26. The van der Waals surface area contributed by atoms with Crippen LogP contribution in [0.1, 0.15) is 45.0 Å². The van der Waals surface area contributed by atoms with Gasteiger partial charge in [0.05, 0.1) is 13.0 Å². The van der Waals surface area contributed by atoms with Crippen LogP contribution in [0.5, 0.6) is 5.75 Å². The predicted molar refractivity (Wildman–Crippen MR) is 113 cm³/mol. The second-order valence-electron chi connectivity index (χ2n) is 7.85. The lowest BCUT2D eigenvalue weighted by molar-refractivity contribution is -0.126. The van der Waals surface area contributed by atoms with Crippen molar-refractivity contribution in [3.05, 3.63) is 35.7 Å². The van der Waals surface area contributed by atoms with Gasteiger partial charge in [0, 0.05) is 37.1 Å². The maximum atomic E-state index is 12.6. The average Bonchev–Trinajstić information content (AvgIpc) is 3.16. The number of hydrogen-bond donors (Lipinski definition) is 1. The molecule has 0 radical (unpaired) electrons. The van der Waals surface area contributed by atoms with Gasteiger partial charge < -0.3 is 15.0 Å². The van der Waals surface area contributed by atoms with Gasteiger partial charge in [0.2, 0.25) is 11.0 Å². The molecule has 152 valence electrons. The molecule has 6 nitrogen and oxygen atoms in total. The Hall–Kier alpha value is -2.15. The van der Waals surface area contributed by atoms with Crippen molar-refractivity contribution < 1.29 is 9.53 Å². The molecule has 1 saturated heterocycles. The molecule has 1 aliphatic heterocycles. The van der Waals surface area contributed by atoms with E-state index in [-0.39, 0.29) is 17.9 Å². The van der Waals surface area contributed by atoms with Crippen molar-refractivity contribution in [1.29, 1.82) is 0 Å². The third-order valence-electron chi connectivity index (χ3n) is 5.39. The van der Waals surface area contributed by atoms with E-state index >= 15 is 0 Å². The number of amides is 1. The number of carbonyl (C=O) groups excluding carboxylic acids is 1. The lowest BCUT2D eigenvalue weighted by Gasteiger charge is -2.32. The molecular formula is C21H30N4O2S. The number of nitrogens with zero attached hydrogens (tertiary/aromatic N) is 3. The summed E-state index contributed by atoms with van der Waals surface area (Å²) in [5.41, 5.74) is 1.13. The summed E-state index contributed by atoms with van der Waals surface area (Å²) in [6.45, 7) is 7.97. The Morgan fingerprint density at radius 3 is 2.96 bits per heavy atom. The van der Waals surface area contributed by atoms with Crippen LogP contribution in [0.3, 0.4) is 0 Å². The number of methoxy groups -OCH3 is 1. The highest BCUT2D eigenvalue weighted by molar-refractivity contribution is 7.09. The molecule has 1 amide bonds. The number of aromatic nitrogens is 2. The minimum Gasteiger partial charge on any atom is -0.497 e. The van der Waals surface area contributed by atoms with Gasteiger partial charge in [-0.25, -0.2) is 4.98 Å². The van der Waals surface area contributed by atoms with Crippen molar-refractivity contribution in [2.75, 3.05) is 25.1 Å². The molecule has 0 bridgehead atoms. The first-order valence-corrected chi connectivity index (χ1v) is 10.7. The van der Waals surface area contributed by atoms with Crippen molar-refractivity contribution in [3.8, 4) is 5.75 Å². The summed E-state index contributed by atoms with van der Waals surface area (Å²) in [6.07, 6.45) is 2.61. The molecule has 0 saturated carbocycles. The Kier molecular flexibility index (Phi) is 6.88. The zero-order valence-electron chi connectivity index (χ0n) is 17.1. The van der Waals surface area contributed by atoms with Gasteiger partial charge in [-0.3, -0.25) is 4.79 Å². The number of anilines is 1. The quantitative estimate of drug-likeness (QED) is 0.768. The molecule has 2 atom stereocenters. The first kappa shape index (κ1) is 20.6. The van der Waals surface area contributed by atoms with E-state index in [1.165, 1.54) is 11.5 Å². The van der Waals surface area contributed by atoms with Crippen molar-refractivity contribution in [1.82, 2.24) is 14.7 Å². The fourth-order valence-corrected chi connectivity index (χ4v) is 4.00. The van der Waals surface area contributed by atoms with Crippen LogP contribution < -0.4 is 15.0 Å². The zero-order chi connectivity index (χ0) is 20.1. The molecular weight excluding hydrogens is 372 g/mol. The highest BCUT2D eigenvalue weighted by Gasteiger charge is 2.28. The zero-order valence-corrected chi connectivity index (χ0v) is 18.0. The molecule has 0 aliphatic carbocycles. The normalized spacial score (nSPS) is 18.2. The lowest BCUT2D eigenvalue weighted by Crippen LogP contribution is -2.46. The van der Waals surface area contributed by atoms with Gasteiger partial charge in [-0.2, -0.15) is 4.37 Å². The predicted octanol–water partition coefficient (Wildman–Crippen LogP) is 3.51. The van der Waals surface area contributed by atoms with E-state index in [0.717, 1.165) is 41.7 Å². The van der Waals surface area contributed by atoms with Crippen LogP contribution in [0, 0.1) is 11.8 Å². The largest absolute Gasteiger partial charge is 0.497 e. The molecule has 1 fully saturated rings. The monoisotopic (exact) mass is 402 g/mol. The van der Waals surface area contributed by atoms with Crippen LogP contribution in [-0.4, -0.2) is 41.5 Å². The van der Waals surface area contributed by atoms with E-state index in [9.17, 15) is 4.79 Å². The Morgan fingerprint density at radius 1 is 1.39 bits per heavy atom. The highest BCUT2D eigenvalue weighted by Crippen LogP contribution is 2.26. The summed E-state index contributed by atoms with van der Waals surface area (Å²) in [6, 6.07) is 8.17. The Balaban J connectivity index is 1.61. The molecule has 28 heavy (non-hydrogen) atoms. The van der Waals surface area contributed by atoms with Crippen LogP contribution in [0.2, 0.25) is 0 Å². The summed E-state index contributed by atoms with van der Waals surface area (Å²) >= 11 is 1.42. The SMILES string of the molecule is COc1cccc(Cc2nsc(N3CCC[C@H](C(=O)N[C@H](C)C(C)C)C3)n2)c1. The molecule has 1 aliphatic rings. The molecule has 7 heteroatoms. The minimum atomic E-state index is 0.0145. The maximum Gasteiger partial charge on any atom is 0.225 e. The van der Waals surface area contributed by atoms with E-state index in [1.54, 1.807) is 7.11 Å². The number of rotatable bonds is 7. The first-order chi connectivity index (χ1) is 13.5. The van der Waals surface area contributed by atoms with Gasteiger partial charge in [0.1, 0.15) is 11.6 Å².